The molecule has 156 valence electrons. The number of aliphatic hydroxyl groups is 2. The summed E-state index contributed by atoms with van der Waals surface area (Å²) in [4.78, 5) is 0. The van der Waals surface area contributed by atoms with Crippen LogP contribution in [-0.2, 0) is 0 Å². The van der Waals surface area contributed by atoms with Gasteiger partial charge in [0.1, 0.15) is 0 Å². The summed E-state index contributed by atoms with van der Waals surface area (Å²) in [5.41, 5.74) is 1.04. The van der Waals surface area contributed by atoms with Crippen molar-refractivity contribution in [3.63, 3.8) is 0 Å². The van der Waals surface area contributed by atoms with E-state index in [2.05, 4.69) is 20.8 Å². The highest BCUT2D eigenvalue weighted by atomic mass is 16.3. The summed E-state index contributed by atoms with van der Waals surface area (Å²) >= 11 is 0. The fourth-order valence-corrected chi connectivity index (χ4v) is 8.92. The summed E-state index contributed by atoms with van der Waals surface area (Å²) in [6.45, 7) is 9.65. The van der Waals surface area contributed by atoms with E-state index in [1.165, 1.54) is 51.4 Å². The molecule has 0 bridgehead atoms. The third kappa shape index (κ3) is 3.31. The van der Waals surface area contributed by atoms with Crippen molar-refractivity contribution in [3.8, 4) is 0 Å². The Morgan fingerprint density at radius 1 is 0.852 bits per heavy atom. The largest absolute Gasteiger partial charge is 0.393 e. The second-order valence-electron chi connectivity index (χ2n) is 11.7. The third-order valence-corrected chi connectivity index (χ3v) is 10.4. The second-order valence-corrected chi connectivity index (χ2v) is 11.7. The van der Waals surface area contributed by atoms with Crippen LogP contribution in [0, 0.1) is 46.3 Å². The highest BCUT2D eigenvalue weighted by Crippen LogP contribution is 2.68. The lowest BCUT2D eigenvalue weighted by Crippen LogP contribution is -2.54. The summed E-state index contributed by atoms with van der Waals surface area (Å²) in [5.74, 6) is 5.17. The Balaban J connectivity index is 1.50. The predicted molar refractivity (Wildman–Crippen MR) is 111 cm³/mol. The molecular weight excluding hydrogens is 332 g/mol. The molecule has 0 amide bonds. The smallest absolute Gasteiger partial charge is 0.0543 e. The Hall–Kier alpha value is -0.0800. The van der Waals surface area contributed by atoms with Crippen molar-refractivity contribution >= 4 is 0 Å². The first kappa shape index (κ1) is 20.2. The zero-order valence-electron chi connectivity index (χ0n) is 18.3. The second kappa shape index (κ2) is 7.31. The zero-order valence-corrected chi connectivity index (χ0v) is 18.3. The lowest BCUT2D eigenvalue weighted by atomic mass is 9.44. The summed E-state index contributed by atoms with van der Waals surface area (Å²) in [6.07, 6.45) is 13.9. The van der Waals surface area contributed by atoms with Crippen LogP contribution in [0.3, 0.4) is 0 Å². The van der Waals surface area contributed by atoms with Crippen LogP contribution in [0.2, 0.25) is 0 Å². The van der Waals surface area contributed by atoms with Gasteiger partial charge in [0.2, 0.25) is 0 Å². The van der Waals surface area contributed by atoms with E-state index in [1.807, 2.05) is 6.92 Å². The molecule has 4 aliphatic rings. The third-order valence-electron chi connectivity index (χ3n) is 10.4. The van der Waals surface area contributed by atoms with E-state index in [-0.39, 0.29) is 12.2 Å². The van der Waals surface area contributed by atoms with E-state index < -0.39 is 0 Å². The molecule has 0 aromatic carbocycles. The van der Waals surface area contributed by atoms with Gasteiger partial charge in [0.25, 0.3) is 0 Å². The topological polar surface area (TPSA) is 40.5 Å². The van der Waals surface area contributed by atoms with Gasteiger partial charge in [-0.25, -0.2) is 0 Å². The molecular formula is C25H44O2. The van der Waals surface area contributed by atoms with E-state index in [1.54, 1.807) is 0 Å². The van der Waals surface area contributed by atoms with Crippen LogP contribution >= 0.6 is 0 Å². The standard InChI is InChI=1S/C25H44O2/c1-16(5-6-17(2)26)21-9-10-22-20-8-7-18-15-19(27)11-13-24(18,3)23(20)12-14-25(21,22)4/h16-23,26-27H,5-15H2,1-4H3/t16-,17?,18?,19+,20?,21-,22+,23+,24?,25-/m1/s1. The highest BCUT2D eigenvalue weighted by molar-refractivity contribution is 5.09. The Labute approximate surface area is 167 Å². The van der Waals surface area contributed by atoms with E-state index in [0.717, 1.165) is 54.8 Å². The van der Waals surface area contributed by atoms with Crippen LogP contribution in [0.1, 0.15) is 98.3 Å². The number of hydrogen-bond donors (Lipinski definition) is 2. The van der Waals surface area contributed by atoms with Gasteiger partial charge in [-0.1, -0.05) is 20.8 Å². The van der Waals surface area contributed by atoms with Crippen molar-refractivity contribution < 1.29 is 10.2 Å². The van der Waals surface area contributed by atoms with Crippen molar-refractivity contribution in [1.82, 2.24) is 0 Å². The van der Waals surface area contributed by atoms with Gasteiger partial charge in [0, 0.05) is 0 Å². The summed E-state index contributed by atoms with van der Waals surface area (Å²) in [5, 5.41) is 20.0. The summed E-state index contributed by atoms with van der Waals surface area (Å²) in [6, 6.07) is 0. The Morgan fingerprint density at radius 2 is 1.56 bits per heavy atom. The lowest BCUT2D eigenvalue weighted by molar-refractivity contribution is -0.129. The first-order valence-corrected chi connectivity index (χ1v) is 12.1. The Kier molecular flexibility index (Phi) is 5.47. The van der Waals surface area contributed by atoms with Crippen molar-refractivity contribution in [2.75, 3.05) is 0 Å². The molecule has 0 spiro atoms. The quantitative estimate of drug-likeness (QED) is 0.650. The molecule has 4 rings (SSSR count). The molecule has 0 heterocycles. The molecule has 27 heavy (non-hydrogen) atoms. The first-order chi connectivity index (χ1) is 12.8. The fourth-order valence-electron chi connectivity index (χ4n) is 8.92. The molecule has 0 saturated heterocycles. The van der Waals surface area contributed by atoms with E-state index in [9.17, 15) is 10.2 Å². The van der Waals surface area contributed by atoms with Crippen molar-refractivity contribution in [2.24, 2.45) is 46.3 Å². The van der Waals surface area contributed by atoms with Crippen LogP contribution in [0.25, 0.3) is 0 Å². The molecule has 0 aromatic heterocycles. The van der Waals surface area contributed by atoms with Gasteiger partial charge in [-0.3, -0.25) is 0 Å². The molecule has 0 aliphatic heterocycles. The number of aliphatic hydroxyl groups excluding tert-OH is 2. The summed E-state index contributed by atoms with van der Waals surface area (Å²) in [7, 11) is 0. The van der Waals surface area contributed by atoms with E-state index >= 15 is 0 Å². The number of rotatable bonds is 4. The summed E-state index contributed by atoms with van der Waals surface area (Å²) < 4.78 is 0. The molecule has 2 N–H and O–H groups in total. The molecule has 0 radical (unpaired) electrons. The minimum atomic E-state index is -0.148. The maximum absolute atomic E-state index is 10.2. The maximum Gasteiger partial charge on any atom is 0.0543 e. The average molecular weight is 377 g/mol. The monoisotopic (exact) mass is 376 g/mol. The van der Waals surface area contributed by atoms with Gasteiger partial charge in [-0.15, -0.1) is 0 Å². The van der Waals surface area contributed by atoms with Crippen LogP contribution in [0.5, 0.6) is 0 Å². The van der Waals surface area contributed by atoms with Gasteiger partial charge in [0.05, 0.1) is 12.2 Å². The van der Waals surface area contributed by atoms with Crippen LogP contribution in [-0.4, -0.2) is 22.4 Å². The minimum absolute atomic E-state index is 0.0286. The van der Waals surface area contributed by atoms with Crippen molar-refractivity contribution in [1.29, 1.82) is 0 Å². The van der Waals surface area contributed by atoms with Gasteiger partial charge >= 0.3 is 0 Å². The Morgan fingerprint density at radius 3 is 2.30 bits per heavy atom. The number of fused-ring (bicyclic) bond motifs is 5. The fraction of sp³-hybridized carbons (Fsp3) is 1.00. The SMILES string of the molecule is CC(O)CC[C@@H](C)[C@H]1CC[C@H]2C3CCC4C[C@@H](O)CCC4(C)[C@H]3CC[C@]12C. The molecule has 0 aromatic rings. The predicted octanol–water partition coefficient (Wildman–Crippen LogP) is 5.80. The van der Waals surface area contributed by atoms with Crippen LogP contribution < -0.4 is 0 Å². The van der Waals surface area contributed by atoms with Gasteiger partial charge < -0.3 is 10.2 Å². The lowest BCUT2D eigenvalue weighted by Gasteiger charge is -2.61. The molecule has 2 heteroatoms. The van der Waals surface area contributed by atoms with E-state index in [4.69, 9.17) is 0 Å². The van der Waals surface area contributed by atoms with Crippen molar-refractivity contribution in [2.45, 2.75) is 111 Å². The van der Waals surface area contributed by atoms with E-state index in [0.29, 0.717) is 10.8 Å². The highest BCUT2D eigenvalue weighted by Gasteiger charge is 2.60. The van der Waals surface area contributed by atoms with Gasteiger partial charge in [0.15, 0.2) is 0 Å². The normalized spacial score (nSPS) is 51.8. The average Bonchev–Trinajstić information content (AvgIpc) is 2.97. The molecule has 4 fully saturated rings. The zero-order chi connectivity index (χ0) is 19.4. The first-order valence-electron chi connectivity index (χ1n) is 12.1. The molecule has 4 aliphatic carbocycles. The van der Waals surface area contributed by atoms with Crippen LogP contribution in [0.15, 0.2) is 0 Å². The van der Waals surface area contributed by atoms with Crippen molar-refractivity contribution in [3.05, 3.63) is 0 Å². The molecule has 10 atom stereocenters. The van der Waals surface area contributed by atoms with Crippen LogP contribution in [0.4, 0.5) is 0 Å². The maximum atomic E-state index is 10.2. The Bertz CT molecular complexity index is 530. The number of hydrogen-bond acceptors (Lipinski definition) is 2. The molecule has 4 saturated carbocycles. The van der Waals surface area contributed by atoms with Gasteiger partial charge in [-0.05, 0) is 124 Å². The van der Waals surface area contributed by atoms with Gasteiger partial charge in [-0.2, -0.15) is 0 Å². The molecule has 2 nitrogen and oxygen atoms in total. The minimum Gasteiger partial charge on any atom is -0.393 e. The molecule has 4 unspecified atom stereocenters.